The van der Waals surface area contributed by atoms with Crippen molar-refractivity contribution in [2.24, 2.45) is 11.8 Å². The fraction of sp³-hybridized carbons (Fsp3) is 0.714. The predicted octanol–water partition coefficient (Wildman–Crippen LogP) is 2.07. The first-order valence-electron chi connectivity index (χ1n) is 7.11. The molecule has 20 heavy (non-hydrogen) atoms. The van der Waals surface area contributed by atoms with Crippen LogP contribution in [-0.4, -0.2) is 33.6 Å². The topological polar surface area (TPSA) is 79.2 Å². The van der Waals surface area contributed by atoms with Gasteiger partial charge >= 0.3 is 6.03 Å². The number of rotatable bonds is 7. The molecule has 2 amide bonds. The number of carbonyl (C=O) groups is 1. The van der Waals surface area contributed by atoms with Crippen molar-refractivity contribution in [3.8, 4) is 0 Å². The molecule has 114 valence electrons. The number of nitrogens with zero attached hydrogens (tertiary/aromatic N) is 2. The number of anilines is 1. The van der Waals surface area contributed by atoms with Gasteiger partial charge in [0.15, 0.2) is 0 Å². The van der Waals surface area contributed by atoms with Gasteiger partial charge in [0.05, 0.1) is 24.5 Å². The van der Waals surface area contributed by atoms with E-state index in [1.807, 2.05) is 0 Å². The van der Waals surface area contributed by atoms with Crippen molar-refractivity contribution < 1.29 is 9.90 Å². The molecule has 6 heteroatoms. The molecule has 0 aliphatic carbocycles. The van der Waals surface area contributed by atoms with Crippen molar-refractivity contribution in [1.82, 2.24) is 15.1 Å². The first-order valence-corrected chi connectivity index (χ1v) is 7.11. The monoisotopic (exact) mass is 282 g/mol. The molecule has 0 fully saturated rings. The molecule has 1 aromatic heterocycles. The molecule has 1 rings (SSSR count). The van der Waals surface area contributed by atoms with Crippen LogP contribution >= 0.6 is 0 Å². The van der Waals surface area contributed by atoms with Gasteiger partial charge in [0, 0.05) is 12.7 Å². The van der Waals surface area contributed by atoms with E-state index in [1.54, 1.807) is 17.1 Å². The lowest BCUT2D eigenvalue weighted by Crippen LogP contribution is -2.40. The van der Waals surface area contributed by atoms with Crippen LogP contribution in [-0.2, 0) is 6.54 Å². The zero-order valence-corrected chi connectivity index (χ0v) is 12.8. The number of urea groups is 1. The fourth-order valence-electron chi connectivity index (χ4n) is 2.00. The third-order valence-corrected chi connectivity index (χ3v) is 2.75. The molecule has 1 atom stereocenters. The minimum atomic E-state index is -0.311. The van der Waals surface area contributed by atoms with Gasteiger partial charge in [0.25, 0.3) is 0 Å². The minimum absolute atomic E-state index is 0.0573. The number of carbonyl (C=O) groups excluding carboxylic acids is 1. The van der Waals surface area contributed by atoms with E-state index >= 15 is 0 Å². The zero-order chi connectivity index (χ0) is 15.1. The molecular weight excluding hydrogens is 256 g/mol. The highest BCUT2D eigenvalue weighted by Crippen LogP contribution is 2.08. The molecule has 0 saturated heterocycles. The highest BCUT2D eigenvalue weighted by Gasteiger charge is 2.13. The number of hydrogen-bond acceptors (Lipinski definition) is 3. The van der Waals surface area contributed by atoms with Crippen LogP contribution in [0.4, 0.5) is 10.5 Å². The standard InChI is InChI=1S/C14H26N4O2/c1-10(2)5-12(9-19)16-14(20)17-13-6-15-18(8-13)7-11(3)4/h6,8,10-12,19H,5,7,9H2,1-4H3,(H2,16,17,20). The van der Waals surface area contributed by atoms with Crippen LogP contribution in [0.2, 0.25) is 0 Å². The molecule has 1 unspecified atom stereocenters. The summed E-state index contributed by atoms with van der Waals surface area (Å²) in [5, 5.41) is 18.9. The SMILES string of the molecule is CC(C)CC(CO)NC(=O)Nc1cnn(CC(C)C)c1. The second-order valence-electron chi connectivity index (χ2n) is 5.95. The molecule has 0 bridgehead atoms. The zero-order valence-electron chi connectivity index (χ0n) is 12.8. The number of aliphatic hydroxyl groups excluding tert-OH is 1. The van der Waals surface area contributed by atoms with Crippen molar-refractivity contribution in [1.29, 1.82) is 0 Å². The van der Waals surface area contributed by atoms with Gasteiger partial charge in [-0.2, -0.15) is 5.10 Å². The van der Waals surface area contributed by atoms with Crippen LogP contribution in [0, 0.1) is 11.8 Å². The molecule has 6 nitrogen and oxygen atoms in total. The van der Waals surface area contributed by atoms with E-state index in [0.717, 1.165) is 13.0 Å². The molecule has 0 spiro atoms. The van der Waals surface area contributed by atoms with E-state index in [0.29, 0.717) is 17.5 Å². The van der Waals surface area contributed by atoms with Crippen LogP contribution in [0.15, 0.2) is 12.4 Å². The Morgan fingerprint density at radius 2 is 2.05 bits per heavy atom. The Morgan fingerprint density at radius 3 is 2.60 bits per heavy atom. The molecular formula is C14H26N4O2. The van der Waals surface area contributed by atoms with Crippen LogP contribution in [0.5, 0.6) is 0 Å². The summed E-state index contributed by atoms with van der Waals surface area (Å²) in [6.07, 6.45) is 4.17. The Balaban J connectivity index is 2.47. The minimum Gasteiger partial charge on any atom is -0.394 e. The number of nitrogens with one attached hydrogen (secondary N) is 2. The smallest absolute Gasteiger partial charge is 0.319 e. The van der Waals surface area contributed by atoms with Gasteiger partial charge < -0.3 is 15.7 Å². The molecule has 1 heterocycles. The van der Waals surface area contributed by atoms with E-state index in [-0.39, 0.29) is 18.7 Å². The maximum absolute atomic E-state index is 11.8. The van der Waals surface area contributed by atoms with E-state index in [9.17, 15) is 9.90 Å². The van der Waals surface area contributed by atoms with E-state index in [4.69, 9.17) is 0 Å². The second-order valence-corrected chi connectivity index (χ2v) is 5.95. The Labute approximate surface area is 120 Å². The summed E-state index contributed by atoms with van der Waals surface area (Å²) in [6.45, 7) is 9.09. The van der Waals surface area contributed by atoms with Gasteiger partial charge in [-0.25, -0.2) is 4.79 Å². The molecule has 1 aromatic rings. The largest absolute Gasteiger partial charge is 0.394 e. The van der Waals surface area contributed by atoms with Crippen LogP contribution in [0.1, 0.15) is 34.1 Å². The van der Waals surface area contributed by atoms with Crippen molar-refractivity contribution in [3.63, 3.8) is 0 Å². The lowest BCUT2D eigenvalue weighted by Gasteiger charge is -2.18. The Bertz CT molecular complexity index is 415. The fourth-order valence-corrected chi connectivity index (χ4v) is 2.00. The summed E-state index contributed by atoms with van der Waals surface area (Å²) < 4.78 is 1.80. The molecule has 0 saturated carbocycles. The highest BCUT2D eigenvalue weighted by atomic mass is 16.3. The van der Waals surface area contributed by atoms with Gasteiger partial charge in [-0.3, -0.25) is 4.68 Å². The molecule has 3 N–H and O–H groups in total. The number of aromatic nitrogens is 2. The Hall–Kier alpha value is -1.56. The van der Waals surface area contributed by atoms with Gasteiger partial charge in [-0.05, 0) is 18.3 Å². The maximum Gasteiger partial charge on any atom is 0.319 e. The predicted molar refractivity (Wildman–Crippen MR) is 79.5 cm³/mol. The summed E-state index contributed by atoms with van der Waals surface area (Å²) in [5.74, 6) is 0.919. The molecule has 0 aromatic carbocycles. The number of amides is 2. The van der Waals surface area contributed by atoms with Gasteiger partial charge in [0.2, 0.25) is 0 Å². The van der Waals surface area contributed by atoms with E-state index < -0.39 is 0 Å². The second kappa shape index (κ2) is 7.89. The summed E-state index contributed by atoms with van der Waals surface area (Å²) in [7, 11) is 0. The molecule has 0 aliphatic heterocycles. The van der Waals surface area contributed by atoms with Crippen molar-refractivity contribution in [2.45, 2.75) is 46.7 Å². The van der Waals surface area contributed by atoms with Crippen molar-refractivity contribution >= 4 is 11.7 Å². The summed E-state index contributed by atoms with van der Waals surface area (Å²) in [5.41, 5.74) is 0.657. The van der Waals surface area contributed by atoms with Crippen molar-refractivity contribution in [2.75, 3.05) is 11.9 Å². The average molecular weight is 282 g/mol. The third kappa shape index (κ3) is 6.06. The highest BCUT2D eigenvalue weighted by molar-refractivity contribution is 5.89. The quantitative estimate of drug-likeness (QED) is 0.716. The van der Waals surface area contributed by atoms with Crippen molar-refractivity contribution in [3.05, 3.63) is 12.4 Å². The maximum atomic E-state index is 11.8. The van der Waals surface area contributed by atoms with Gasteiger partial charge in [-0.1, -0.05) is 27.7 Å². The van der Waals surface area contributed by atoms with Gasteiger partial charge in [0.1, 0.15) is 0 Å². The normalized spacial score (nSPS) is 12.8. The Kier molecular flexibility index (Phi) is 6.51. The summed E-state index contributed by atoms with van der Waals surface area (Å²) in [6, 6.07) is -0.533. The lowest BCUT2D eigenvalue weighted by molar-refractivity contribution is 0.214. The summed E-state index contributed by atoms with van der Waals surface area (Å²) >= 11 is 0. The first-order chi connectivity index (χ1) is 9.40. The Morgan fingerprint density at radius 1 is 1.35 bits per heavy atom. The van der Waals surface area contributed by atoms with Crippen LogP contribution in [0.25, 0.3) is 0 Å². The van der Waals surface area contributed by atoms with E-state index in [2.05, 4.69) is 43.4 Å². The molecule has 0 aliphatic rings. The lowest BCUT2D eigenvalue weighted by atomic mass is 10.0. The third-order valence-electron chi connectivity index (χ3n) is 2.75. The number of aliphatic hydroxyl groups is 1. The van der Waals surface area contributed by atoms with Gasteiger partial charge in [-0.15, -0.1) is 0 Å². The first kappa shape index (κ1) is 16.5. The van der Waals surface area contributed by atoms with E-state index in [1.165, 1.54) is 0 Å². The van der Waals surface area contributed by atoms with Crippen LogP contribution < -0.4 is 10.6 Å². The van der Waals surface area contributed by atoms with Crippen LogP contribution in [0.3, 0.4) is 0 Å². The average Bonchev–Trinajstić information content (AvgIpc) is 2.73. The molecule has 0 radical (unpaired) electrons. The summed E-state index contributed by atoms with van der Waals surface area (Å²) in [4.78, 5) is 11.8. The number of hydrogen-bond donors (Lipinski definition) is 3.